The van der Waals surface area contributed by atoms with Crippen molar-refractivity contribution in [3.8, 4) is 0 Å². The third kappa shape index (κ3) is 7.75. The molecule has 1 aromatic carbocycles. The molecule has 1 fully saturated rings. The van der Waals surface area contributed by atoms with Crippen LogP contribution >= 0.6 is 0 Å². The first kappa shape index (κ1) is 20.7. The van der Waals surface area contributed by atoms with Gasteiger partial charge in [0.2, 0.25) is 0 Å². The van der Waals surface area contributed by atoms with Gasteiger partial charge in [-0.3, -0.25) is 4.99 Å². The maximum Gasteiger partial charge on any atom is 0.191 e. The molecule has 146 valence electrons. The highest BCUT2D eigenvalue weighted by Crippen LogP contribution is 2.10. The minimum Gasteiger partial charge on any atom is -0.357 e. The molecule has 0 radical (unpaired) electrons. The van der Waals surface area contributed by atoms with Crippen molar-refractivity contribution in [1.82, 2.24) is 20.4 Å². The average Bonchev–Trinajstić information content (AvgIpc) is 2.64. The second-order valence-electron chi connectivity index (χ2n) is 7.24. The van der Waals surface area contributed by atoms with Gasteiger partial charge in [0.25, 0.3) is 0 Å². The lowest BCUT2D eigenvalue weighted by atomic mass is 10.1. The van der Waals surface area contributed by atoms with Gasteiger partial charge in [0, 0.05) is 38.8 Å². The lowest BCUT2D eigenvalue weighted by Crippen LogP contribution is -2.49. The number of nitrogens with one attached hydrogen (secondary N) is 2. The van der Waals surface area contributed by atoms with Gasteiger partial charge < -0.3 is 20.4 Å². The van der Waals surface area contributed by atoms with Gasteiger partial charge in [-0.15, -0.1) is 0 Å². The number of piperidine rings is 1. The molecule has 0 aromatic heterocycles. The van der Waals surface area contributed by atoms with Gasteiger partial charge in [0.05, 0.1) is 6.54 Å². The van der Waals surface area contributed by atoms with Crippen LogP contribution in [0.1, 0.15) is 38.7 Å². The lowest BCUT2D eigenvalue weighted by molar-refractivity contribution is 0.206. The zero-order valence-corrected chi connectivity index (χ0v) is 16.9. The van der Waals surface area contributed by atoms with Gasteiger partial charge in [-0.2, -0.15) is 0 Å². The Balaban J connectivity index is 1.74. The van der Waals surface area contributed by atoms with E-state index in [-0.39, 0.29) is 0 Å². The summed E-state index contributed by atoms with van der Waals surface area (Å²) in [4.78, 5) is 9.68. The van der Waals surface area contributed by atoms with Crippen LogP contribution in [0.15, 0.2) is 35.3 Å². The molecule has 0 bridgehead atoms. The highest BCUT2D eigenvalue weighted by Gasteiger charge is 2.19. The summed E-state index contributed by atoms with van der Waals surface area (Å²) in [5.74, 6) is 0.967. The molecule has 1 saturated heterocycles. The predicted molar refractivity (Wildman–Crippen MR) is 112 cm³/mol. The number of likely N-dealkylation sites (tertiary alicyclic amines) is 1. The minimum atomic E-state index is 0.544. The number of rotatable bonds is 9. The summed E-state index contributed by atoms with van der Waals surface area (Å²) in [5.41, 5.74) is 1.35. The Hall–Kier alpha value is -1.59. The molecular weight excluding hydrogens is 322 g/mol. The van der Waals surface area contributed by atoms with Gasteiger partial charge in [-0.1, -0.05) is 37.3 Å². The maximum atomic E-state index is 4.78. The van der Waals surface area contributed by atoms with Crippen LogP contribution < -0.4 is 10.6 Å². The Bertz CT molecular complexity index is 508. The molecule has 1 heterocycles. The predicted octanol–water partition coefficient (Wildman–Crippen LogP) is 2.55. The van der Waals surface area contributed by atoms with E-state index in [1.165, 1.54) is 44.5 Å². The molecule has 1 aliphatic rings. The van der Waals surface area contributed by atoms with E-state index in [1.54, 1.807) is 0 Å². The maximum absolute atomic E-state index is 4.78. The molecule has 0 atom stereocenters. The van der Waals surface area contributed by atoms with Crippen molar-refractivity contribution >= 4 is 5.96 Å². The Morgan fingerprint density at radius 3 is 2.58 bits per heavy atom. The van der Waals surface area contributed by atoms with Crippen molar-refractivity contribution in [3.05, 3.63) is 35.9 Å². The van der Waals surface area contributed by atoms with E-state index in [0.717, 1.165) is 32.1 Å². The van der Waals surface area contributed by atoms with E-state index in [2.05, 4.69) is 71.7 Å². The third-order valence-electron chi connectivity index (χ3n) is 4.86. The summed E-state index contributed by atoms with van der Waals surface area (Å²) >= 11 is 0. The van der Waals surface area contributed by atoms with Crippen LogP contribution in [-0.4, -0.2) is 68.1 Å². The highest BCUT2D eigenvalue weighted by molar-refractivity contribution is 5.80. The van der Waals surface area contributed by atoms with Crippen LogP contribution in [0.4, 0.5) is 0 Å². The van der Waals surface area contributed by atoms with E-state index < -0.39 is 0 Å². The summed E-state index contributed by atoms with van der Waals surface area (Å²) in [7, 11) is 2.16. The quantitative estimate of drug-likeness (QED) is 0.525. The Morgan fingerprint density at radius 1 is 1.19 bits per heavy atom. The molecule has 5 nitrogen and oxygen atoms in total. The normalized spacial score (nSPS) is 16.8. The van der Waals surface area contributed by atoms with Crippen LogP contribution in [0.25, 0.3) is 0 Å². The number of aliphatic imine (C=N–C) groups is 1. The van der Waals surface area contributed by atoms with Gasteiger partial charge in [-0.05, 0) is 45.3 Å². The highest BCUT2D eigenvalue weighted by atomic mass is 15.2. The molecule has 0 saturated carbocycles. The summed E-state index contributed by atoms with van der Waals surface area (Å²) < 4.78 is 0. The summed E-state index contributed by atoms with van der Waals surface area (Å²) in [6, 6.07) is 11.2. The first-order valence-corrected chi connectivity index (χ1v) is 10.2. The molecule has 2 N–H and O–H groups in total. The Morgan fingerprint density at radius 2 is 1.92 bits per heavy atom. The van der Waals surface area contributed by atoms with Crippen molar-refractivity contribution in [2.75, 3.05) is 46.3 Å². The zero-order valence-electron chi connectivity index (χ0n) is 16.9. The lowest BCUT2D eigenvalue weighted by Gasteiger charge is -2.32. The van der Waals surface area contributed by atoms with Gasteiger partial charge in [0.15, 0.2) is 5.96 Å². The molecule has 5 heteroatoms. The number of benzene rings is 1. The van der Waals surface area contributed by atoms with E-state index >= 15 is 0 Å². The first-order chi connectivity index (χ1) is 12.7. The monoisotopic (exact) mass is 359 g/mol. The molecular formula is C21H37N5. The second kappa shape index (κ2) is 11.9. The molecule has 0 aliphatic carbocycles. The van der Waals surface area contributed by atoms with Crippen LogP contribution in [-0.2, 0) is 6.54 Å². The molecule has 0 spiro atoms. The van der Waals surface area contributed by atoms with Gasteiger partial charge >= 0.3 is 0 Å². The fourth-order valence-corrected chi connectivity index (χ4v) is 3.44. The van der Waals surface area contributed by atoms with Crippen LogP contribution in [0.2, 0.25) is 0 Å². The molecule has 26 heavy (non-hydrogen) atoms. The van der Waals surface area contributed by atoms with E-state index in [9.17, 15) is 0 Å². The molecule has 1 aromatic rings. The average molecular weight is 360 g/mol. The number of hydrogen-bond donors (Lipinski definition) is 2. The minimum absolute atomic E-state index is 0.544. The summed E-state index contributed by atoms with van der Waals surface area (Å²) in [5, 5.41) is 7.03. The Kier molecular flexibility index (Phi) is 9.50. The molecule has 2 rings (SSSR count). The SMILES string of the molecule is CCCN1CCC(NC(=NCCN(C)Cc2ccccc2)NCC)CC1. The smallest absolute Gasteiger partial charge is 0.191 e. The van der Waals surface area contributed by atoms with Crippen molar-refractivity contribution in [1.29, 1.82) is 0 Å². The molecule has 0 unspecified atom stereocenters. The zero-order chi connectivity index (χ0) is 18.6. The van der Waals surface area contributed by atoms with Gasteiger partial charge in [0.1, 0.15) is 0 Å². The molecule has 0 amide bonds. The second-order valence-corrected chi connectivity index (χ2v) is 7.24. The van der Waals surface area contributed by atoms with E-state index in [4.69, 9.17) is 4.99 Å². The van der Waals surface area contributed by atoms with E-state index in [1.807, 2.05) is 0 Å². The van der Waals surface area contributed by atoms with Crippen molar-refractivity contribution < 1.29 is 0 Å². The fourth-order valence-electron chi connectivity index (χ4n) is 3.44. The summed E-state index contributed by atoms with van der Waals surface area (Å²) in [6.07, 6.45) is 3.66. The largest absolute Gasteiger partial charge is 0.357 e. The van der Waals surface area contributed by atoms with Gasteiger partial charge in [-0.25, -0.2) is 0 Å². The summed E-state index contributed by atoms with van der Waals surface area (Å²) in [6.45, 7) is 11.7. The number of likely N-dealkylation sites (N-methyl/N-ethyl adjacent to an activating group) is 1. The van der Waals surface area contributed by atoms with Crippen molar-refractivity contribution in [2.45, 2.75) is 45.7 Å². The van der Waals surface area contributed by atoms with Crippen molar-refractivity contribution in [3.63, 3.8) is 0 Å². The van der Waals surface area contributed by atoms with Crippen LogP contribution in [0.3, 0.4) is 0 Å². The number of hydrogen-bond acceptors (Lipinski definition) is 3. The first-order valence-electron chi connectivity index (χ1n) is 10.2. The number of nitrogens with zero attached hydrogens (tertiary/aromatic N) is 3. The van der Waals surface area contributed by atoms with Crippen LogP contribution in [0.5, 0.6) is 0 Å². The molecule has 1 aliphatic heterocycles. The fraction of sp³-hybridized carbons (Fsp3) is 0.667. The Labute approximate surface area is 159 Å². The number of guanidine groups is 1. The van der Waals surface area contributed by atoms with Crippen molar-refractivity contribution in [2.24, 2.45) is 4.99 Å². The van der Waals surface area contributed by atoms with E-state index in [0.29, 0.717) is 6.04 Å². The van der Waals surface area contributed by atoms with Crippen LogP contribution in [0, 0.1) is 0 Å². The topological polar surface area (TPSA) is 42.9 Å². The third-order valence-corrected chi connectivity index (χ3v) is 4.86. The standard InChI is InChI=1S/C21H37N5/c1-4-14-26-15-11-20(12-16-26)24-21(22-5-2)23-13-17-25(3)18-19-9-7-6-8-10-19/h6-10,20H,4-5,11-18H2,1-3H3,(H2,22,23,24).